The van der Waals surface area contributed by atoms with E-state index < -0.39 is 4.92 Å². The Hall–Kier alpha value is -1.36. The summed E-state index contributed by atoms with van der Waals surface area (Å²) in [6.45, 7) is 4.05. The van der Waals surface area contributed by atoms with Gasteiger partial charge in [-0.2, -0.15) is 0 Å². The molecule has 4 nitrogen and oxygen atoms in total. The van der Waals surface area contributed by atoms with E-state index in [1.807, 2.05) is 20.1 Å². The quantitative estimate of drug-likeness (QED) is 0.341. The molecule has 15 heavy (non-hydrogen) atoms. The van der Waals surface area contributed by atoms with Crippen molar-refractivity contribution < 1.29 is 4.92 Å². The van der Waals surface area contributed by atoms with Crippen LogP contribution in [0.2, 0.25) is 0 Å². The molecule has 0 radical (unpaired) electrons. The number of nitro benzene ring substituents is 1. The number of rotatable bonds is 4. The zero-order valence-corrected chi connectivity index (χ0v) is 9.40. The summed E-state index contributed by atoms with van der Waals surface area (Å²) in [5, 5.41) is 10.5. The molecule has 1 rings (SSSR count). The Balaban J connectivity index is 2.70. The molecule has 0 bridgehead atoms. The Morgan fingerprint density at radius 1 is 1.53 bits per heavy atom. The average molecular weight is 224 g/mol. The molecule has 0 unspecified atom stereocenters. The lowest BCUT2D eigenvalue weighted by atomic mass is 10.3. The van der Waals surface area contributed by atoms with Crippen molar-refractivity contribution >= 4 is 23.8 Å². The summed E-state index contributed by atoms with van der Waals surface area (Å²) in [7, 11) is 0. The van der Waals surface area contributed by atoms with Crippen molar-refractivity contribution in [1.29, 1.82) is 0 Å². The van der Waals surface area contributed by atoms with Crippen LogP contribution < -0.4 is 0 Å². The van der Waals surface area contributed by atoms with E-state index in [9.17, 15) is 10.1 Å². The van der Waals surface area contributed by atoms with Gasteiger partial charge in [0.25, 0.3) is 5.69 Å². The van der Waals surface area contributed by atoms with Crippen LogP contribution in [0.15, 0.2) is 33.6 Å². The van der Waals surface area contributed by atoms with Gasteiger partial charge >= 0.3 is 0 Å². The van der Waals surface area contributed by atoms with Gasteiger partial charge in [-0.3, -0.25) is 10.1 Å². The highest BCUT2D eigenvalue weighted by atomic mass is 32.2. The molecular weight excluding hydrogens is 212 g/mol. The number of hydrogen-bond donors (Lipinski definition) is 0. The maximum absolute atomic E-state index is 10.5. The topological polar surface area (TPSA) is 55.5 Å². The summed E-state index contributed by atoms with van der Waals surface area (Å²) < 4.78 is 4.11. The van der Waals surface area contributed by atoms with Crippen LogP contribution in [-0.2, 0) is 0 Å². The third-order valence-corrected chi connectivity index (χ3v) is 2.24. The van der Waals surface area contributed by atoms with E-state index in [2.05, 4.69) is 4.40 Å². The second-order valence-electron chi connectivity index (χ2n) is 3.34. The van der Waals surface area contributed by atoms with Crippen LogP contribution in [0, 0.1) is 16.0 Å². The first-order chi connectivity index (χ1) is 7.09. The highest BCUT2D eigenvalue weighted by molar-refractivity contribution is 7.98. The third-order valence-electron chi connectivity index (χ3n) is 1.55. The molecule has 0 N–H and O–H groups in total. The number of nitrogens with zero attached hydrogens (tertiary/aromatic N) is 2. The van der Waals surface area contributed by atoms with Crippen LogP contribution in [0.25, 0.3) is 0 Å². The molecular formula is C10H12N2O2S. The molecule has 80 valence electrons. The monoisotopic (exact) mass is 224 g/mol. The molecule has 5 heteroatoms. The Morgan fingerprint density at radius 2 is 2.27 bits per heavy atom. The van der Waals surface area contributed by atoms with Gasteiger partial charge in [-0.1, -0.05) is 19.9 Å². The van der Waals surface area contributed by atoms with Crippen molar-refractivity contribution in [2.75, 3.05) is 0 Å². The SMILES string of the molecule is CC(C)/C=N/Sc1cccc([N+](=O)[O-])c1. The summed E-state index contributed by atoms with van der Waals surface area (Å²) in [6, 6.07) is 6.44. The molecule has 0 heterocycles. The van der Waals surface area contributed by atoms with E-state index in [1.165, 1.54) is 24.1 Å². The molecule has 0 fully saturated rings. The second-order valence-corrected chi connectivity index (χ2v) is 4.21. The van der Waals surface area contributed by atoms with Crippen molar-refractivity contribution in [3.63, 3.8) is 0 Å². The van der Waals surface area contributed by atoms with Crippen LogP contribution >= 0.6 is 11.9 Å². The maximum Gasteiger partial charge on any atom is 0.270 e. The average Bonchev–Trinajstić information content (AvgIpc) is 2.17. The first-order valence-electron chi connectivity index (χ1n) is 4.54. The van der Waals surface area contributed by atoms with Crippen molar-refractivity contribution in [2.45, 2.75) is 18.7 Å². The summed E-state index contributed by atoms with van der Waals surface area (Å²) in [6.07, 6.45) is 1.81. The lowest BCUT2D eigenvalue weighted by molar-refractivity contribution is -0.385. The smallest absolute Gasteiger partial charge is 0.258 e. The minimum absolute atomic E-state index is 0.0970. The molecule has 0 aliphatic heterocycles. The van der Waals surface area contributed by atoms with Crippen molar-refractivity contribution in [1.82, 2.24) is 0 Å². The summed E-state index contributed by atoms with van der Waals surface area (Å²) in [5.74, 6) is 0.385. The molecule has 1 aromatic carbocycles. The maximum atomic E-state index is 10.5. The van der Waals surface area contributed by atoms with Gasteiger partial charge in [-0.25, -0.2) is 4.40 Å². The standard InChI is InChI=1S/C10H12N2O2S/c1-8(2)7-11-15-10-5-3-4-9(6-10)12(13)14/h3-8H,1-2H3/b11-7+. The zero-order valence-electron chi connectivity index (χ0n) is 8.58. The van der Waals surface area contributed by atoms with Gasteiger partial charge < -0.3 is 0 Å². The number of non-ortho nitro benzene ring substituents is 1. The lowest BCUT2D eigenvalue weighted by Crippen LogP contribution is -1.87. The Bertz CT molecular complexity index is 377. The second kappa shape index (κ2) is 5.50. The van der Waals surface area contributed by atoms with E-state index >= 15 is 0 Å². The number of benzene rings is 1. The first-order valence-corrected chi connectivity index (χ1v) is 5.32. The van der Waals surface area contributed by atoms with Gasteiger partial charge in [0.05, 0.1) is 4.92 Å². The van der Waals surface area contributed by atoms with Crippen LogP contribution in [0.3, 0.4) is 0 Å². The molecule has 0 saturated carbocycles. The molecule has 0 amide bonds. The van der Waals surface area contributed by atoms with E-state index in [0.29, 0.717) is 5.92 Å². The number of nitro groups is 1. The largest absolute Gasteiger partial charge is 0.270 e. The first kappa shape index (κ1) is 11.7. The van der Waals surface area contributed by atoms with E-state index in [4.69, 9.17) is 0 Å². The fraction of sp³-hybridized carbons (Fsp3) is 0.300. The number of hydrogen-bond acceptors (Lipinski definition) is 4. The van der Waals surface area contributed by atoms with Crippen LogP contribution in [-0.4, -0.2) is 11.1 Å². The van der Waals surface area contributed by atoms with Gasteiger partial charge in [0, 0.05) is 35.2 Å². The molecule has 1 aromatic rings. The van der Waals surface area contributed by atoms with Crippen LogP contribution in [0.1, 0.15) is 13.8 Å². The normalized spacial score (nSPS) is 11.1. The summed E-state index contributed by atoms with van der Waals surface area (Å²) >= 11 is 1.25. The fourth-order valence-corrected chi connectivity index (χ4v) is 1.61. The highest BCUT2D eigenvalue weighted by Crippen LogP contribution is 2.23. The molecule has 0 aliphatic rings. The predicted octanol–water partition coefficient (Wildman–Crippen LogP) is 3.33. The molecule has 0 saturated heterocycles. The molecule has 0 spiro atoms. The minimum Gasteiger partial charge on any atom is -0.258 e. The van der Waals surface area contributed by atoms with Gasteiger partial charge in [0.1, 0.15) is 0 Å². The third kappa shape index (κ3) is 4.12. The highest BCUT2D eigenvalue weighted by Gasteiger charge is 2.05. The van der Waals surface area contributed by atoms with Gasteiger partial charge in [0.2, 0.25) is 0 Å². The van der Waals surface area contributed by atoms with Crippen molar-refractivity contribution in [3.05, 3.63) is 34.4 Å². The summed E-state index contributed by atoms with van der Waals surface area (Å²) in [5.41, 5.74) is 0.0970. The predicted molar refractivity (Wildman–Crippen MR) is 62.3 cm³/mol. The van der Waals surface area contributed by atoms with E-state index in [1.54, 1.807) is 12.1 Å². The van der Waals surface area contributed by atoms with Gasteiger partial charge in [-0.15, -0.1) is 0 Å². The lowest BCUT2D eigenvalue weighted by Gasteiger charge is -1.96. The molecule has 0 aromatic heterocycles. The van der Waals surface area contributed by atoms with Gasteiger partial charge in [-0.05, 0) is 12.0 Å². The summed E-state index contributed by atoms with van der Waals surface area (Å²) in [4.78, 5) is 10.9. The molecule has 0 atom stereocenters. The fourth-order valence-electron chi connectivity index (χ4n) is 0.867. The Kier molecular flexibility index (Phi) is 4.30. The van der Waals surface area contributed by atoms with E-state index in [-0.39, 0.29) is 5.69 Å². The van der Waals surface area contributed by atoms with Crippen LogP contribution in [0.5, 0.6) is 0 Å². The van der Waals surface area contributed by atoms with Crippen LogP contribution in [0.4, 0.5) is 5.69 Å². The van der Waals surface area contributed by atoms with Crippen molar-refractivity contribution in [3.8, 4) is 0 Å². The molecule has 0 aliphatic carbocycles. The zero-order chi connectivity index (χ0) is 11.3. The van der Waals surface area contributed by atoms with Crippen molar-refractivity contribution in [2.24, 2.45) is 10.3 Å². The van der Waals surface area contributed by atoms with Gasteiger partial charge in [0.15, 0.2) is 0 Å². The Labute approximate surface area is 92.7 Å². The minimum atomic E-state index is -0.407. The Morgan fingerprint density at radius 3 is 2.87 bits per heavy atom. The van der Waals surface area contributed by atoms with E-state index in [0.717, 1.165) is 4.90 Å².